The van der Waals surface area contributed by atoms with Gasteiger partial charge < -0.3 is 4.74 Å². The summed E-state index contributed by atoms with van der Waals surface area (Å²) in [5.41, 5.74) is 0. The topological polar surface area (TPSA) is 9.23 Å². The van der Waals surface area contributed by atoms with Crippen LogP contribution in [-0.2, 0) is 4.74 Å². The Morgan fingerprint density at radius 1 is 0.792 bits per heavy atom. The van der Waals surface area contributed by atoms with E-state index in [4.69, 9.17) is 4.74 Å². The van der Waals surface area contributed by atoms with Crippen molar-refractivity contribution in [3.8, 4) is 0 Å². The molecule has 0 aliphatic rings. The Labute approximate surface area is 164 Å². The van der Waals surface area contributed by atoms with Gasteiger partial charge in [-0.15, -0.1) is 35.3 Å². The third kappa shape index (κ3) is 10.7. The lowest BCUT2D eigenvalue weighted by molar-refractivity contribution is 0.101. The van der Waals surface area contributed by atoms with E-state index in [9.17, 15) is 0 Å². The van der Waals surface area contributed by atoms with E-state index in [1.165, 1.54) is 64.2 Å². The van der Waals surface area contributed by atoms with Crippen molar-refractivity contribution in [3.05, 3.63) is 12.2 Å². The van der Waals surface area contributed by atoms with Crippen LogP contribution in [0.3, 0.4) is 0 Å². The van der Waals surface area contributed by atoms with Gasteiger partial charge in [-0.05, 0) is 50.9 Å². The number of hydrogen-bond acceptors (Lipinski definition) is 4. The van der Waals surface area contributed by atoms with Gasteiger partial charge in [0.05, 0.1) is 6.10 Å². The lowest BCUT2D eigenvalue weighted by atomic mass is 10.1. The Morgan fingerprint density at radius 3 is 1.79 bits per heavy atom. The minimum atomic E-state index is 0.135. The van der Waals surface area contributed by atoms with Gasteiger partial charge in [-0.3, -0.25) is 0 Å². The monoisotopic (exact) mass is 392 g/mol. The third-order valence-corrected chi connectivity index (χ3v) is 10.0. The van der Waals surface area contributed by atoms with E-state index in [0.29, 0.717) is 6.10 Å². The molecule has 0 rings (SSSR count). The highest BCUT2D eigenvalue weighted by Gasteiger charge is 2.36. The maximum Gasteiger partial charge on any atom is 0.132 e. The molecular weight excluding hydrogens is 352 g/mol. The Kier molecular flexibility index (Phi) is 17.7. The molecule has 0 bridgehead atoms. The highest BCUT2D eigenvalue weighted by Crippen LogP contribution is 2.48. The van der Waals surface area contributed by atoms with E-state index >= 15 is 0 Å². The van der Waals surface area contributed by atoms with Gasteiger partial charge in [0.2, 0.25) is 0 Å². The molecule has 0 saturated heterocycles. The maximum absolute atomic E-state index is 5.80. The molecule has 0 aromatic heterocycles. The summed E-state index contributed by atoms with van der Waals surface area (Å²) >= 11 is 5.75. The molecule has 1 nitrogen and oxygen atoms in total. The number of ether oxygens (including phenoxy) is 1. The van der Waals surface area contributed by atoms with Crippen LogP contribution in [0.1, 0.15) is 77.6 Å². The molecule has 1 atom stereocenters. The zero-order valence-corrected chi connectivity index (χ0v) is 19.1. The first-order chi connectivity index (χ1) is 11.7. The van der Waals surface area contributed by atoms with Crippen LogP contribution in [0.2, 0.25) is 0 Å². The molecule has 0 aromatic rings. The molecule has 144 valence electrons. The molecule has 0 heterocycles. The molecule has 4 heteroatoms. The summed E-state index contributed by atoms with van der Waals surface area (Å²) in [6.45, 7) is 2.28. The Balaban J connectivity index is 3.75. The van der Waals surface area contributed by atoms with Gasteiger partial charge in [0.25, 0.3) is 0 Å². The van der Waals surface area contributed by atoms with Gasteiger partial charge in [-0.25, -0.2) is 0 Å². The van der Waals surface area contributed by atoms with Gasteiger partial charge in [0.1, 0.15) is 3.41 Å². The summed E-state index contributed by atoms with van der Waals surface area (Å²) in [6.07, 6.45) is 26.3. The van der Waals surface area contributed by atoms with Gasteiger partial charge >= 0.3 is 0 Å². The second-order valence-corrected chi connectivity index (χ2v) is 10.2. The van der Waals surface area contributed by atoms with Crippen LogP contribution in [0.4, 0.5) is 0 Å². The van der Waals surface area contributed by atoms with Gasteiger partial charge in [-0.2, -0.15) is 0 Å². The smallest absolute Gasteiger partial charge is 0.132 e. The molecule has 0 amide bonds. The van der Waals surface area contributed by atoms with E-state index in [1.807, 2.05) is 42.4 Å². The zero-order chi connectivity index (χ0) is 18.1. The highest BCUT2D eigenvalue weighted by atomic mass is 32.3. The van der Waals surface area contributed by atoms with Crippen LogP contribution < -0.4 is 0 Å². The molecule has 0 N–H and O–H groups in total. The van der Waals surface area contributed by atoms with Crippen molar-refractivity contribution in [2.45, 2.75) is 87.1 Å². The first-order valence-electron chi connectivity index (χ1n) is 9.53. The van der Waals surface area contributed by atoms with Crippen LogP contribution in [0, 0.1) is 0 Å². The first-order valence-corrected chi connectivity index (χ1v) is 13.2. The van der Waals surface area contributed by atoms with Crippen LogP contribution in [-0.4, -0.2) is 35.4 Å². The van der Waals surface area contributed by atoms with Crippen molar-refractivity contribution in [2.75, 3.05) is 25.9 Å². The maximum atomic E-state index is 5.80. The number of hydrogen-bond donors (Lipinski definition) is 0. The number of thioether (sulfide) groups is 3. The summed E-state index contributed by atoms with van der Waals surface area (Å²) in [5, 5.41) is 0. The second-order valence-electron chi connectivity index (χ2n) is 6.25. The average molecular weight is 393 g/mol. The molecule has 0 radical (unpaired) electrons. The van der Waals surface area contributed by atoms with Crippen molar-refractivity contribution in [1.82, 2.24) is 0 Å². The molecule has 0 aliphatic carbocycles. The van der Waals surface area contributed by atoms with Crippen molar-refractivity contribution < 1.29 is 4.74 Å². The van der Waals surface area contributed by atoms with Crippen LogP contribution >= 0.6 is 35.3 Å². The van der Waals surface area contributed by atoms with Gasteiger partial charge in [-0.1, -0.05) is 57.6 Å². The minimum Gasteiger partial charge on any atom is -0.378 e. The summed E-state index contributed by atoms with van der Waals surface area (Å²) in [4.78, 5) is 0. The van der Waals surface area contributed by atoms with Crippen LogP contribution in [0.15, 0.2) is 12.2 Å². The highest BCUT2D eigenvalue weighted by molar-refractivity contribution is 8.33. The fraction of sp³-hybridized carbons (Fsp3) is 0.900. The SMILES string of the molecule is CCCCCCCCC/C=C\CCCC(OC)C(SC)(SC)SC. The number of unbranched alkanes of at least 4 members (excludes halogenated alkanes) is 8. The van der Waals surface area contributed by atoms with E-state index < -0.39 is 0 Å². The normalized spacial score (nSPS) is 13.7. The van der Waals surface area contributed by atoms with E-state index in [0.717, 1.165) is 6.42 Å². The molecule has 0 fully saturated rings. The third-order valence-electron chi connectivity index (χ3n) is 4.51. The summed E-state index contributed by atoms with van der Waals surface area (Å²) in [5.74, 6) is 0. The number of methoxy groups -OCH3 is 1. The molecule has 0 aromatic carbocycles. The molecule has 0 aliphatic heterocycles. The molecular formula is C20H40OS3. The van der Waals surface area contributed by atoms with Gasteiger partial charge in [0.15, 0.2) is 0 Å². The van der Waals surface area contributed by atoms with Crippen molar-refractivity contribution in [2.24, 2.45) is 0 Å². The van der Waals surface area contributed by atoms with Crippen LogP contribution in [0.5, 0.6) is 0 Å². The van der Waals surface area contributed by atoms with Crippen LogP contribution in [0.25, 0.3) is 0 Å². The second kappa shape index (κ2) is 17.2. The lowest BCUT2D eigenvalue weighted by Gasteiger charge is -2.35. The average Bonchev–Trinajstić information content (AvgIpc) is 2.62. The predicted molar refractivity (Wildman–Crippen MR) is 120 cm³/mol. The van der Waals surface area contributed by atoms with E-state index in [2.05, 4.69) is 37.8 Å². The molecule has 1 unspecified atom stereocenters. The Morgan fingerprint density at radius 2 is 1.29 bits per heavy atom. The Hall–Kier alpha value is 0.750. The predicted octanol–water partition coefficient (Wildman–Crippen LogP) is 7.61. The standard InChI is InChI=1S/C20H40OS3/c1-6-7-8-9-10-11-12-13-14-15-16-17-18-19(21-2)20(22-3,23-4)24-5/h14-15,19H,6-13,16-18H2,1-5H3/b15-14-. The first kappa shape index (κ1) is 24.8. The molecule has 0 spiro atoms. The van der Waals surface area contributed by atoms with Crippen molar-refractivity contribution in [1.29, 1.82) is 0 Å². The quantitative estimate of drug-likeness (QED) is 0.143. The zero-order valence-electron chi connectivity index (χ0n) is 16.6. The number of allylic oxidation sites excluding steroid dienone is 2. The summed E-state index contributed by atoms with van der Waals surface area (Å²) in [6, 6.07) is 0. The van der Waals surface area contributed by atoms with Crippen molar-refractivity contribution in [3.63, 3.8) is 0 Å². The lowest BCUT2D eigenvalue weighted by Crippen LogP contribution is -2.33. The largest absolute Gasteiger partial charge is 0.378 e. The van der Waals surface area contributed by atoms with Gasteiger partial charge in [0, 0.05) is 7.11 Å². The fourth-order valence-electron chi connectivity index (χ4n) is 2.96. The van der Waals surface area contributed by atoms with Crippen molar-refractivity contribution >= 4 is 35.3 Å². The fourth-order valence-corrected chi connectivity index (χ4v) is 6.39. The number of rotatable bonds is 17. The van der Waals surface area contributed by atoms with E-state index in [1.54, 1.807) is 0 Å². The molecule has 0 saturated carbocycles. The van der Waals surface area contributed by atoms with E-state index in [-0.39, 0.29) is 3.41 Å². The Bertz CT molecular complexity index is 282. The molecule has 24 heavy (non-hydrogen) atoms. The summed E-state index contributed by atoms with van der Waals surface area (Å²) in [7, 11) is 1.86. The minimum absolute atomic E-state index is 0.135. The summed E-state index contributed by atoms with van der Waals surface area (Å²) < 4.78 is 5.94.